The Morgan fingerprint density at radius 2 is 1.51 bits per heavy atom. The van der Waals surface area contributed by atoms with Crippen LogP contribution in [0.1, 0.15) is 33.6 Å². The predicted octanol–water partition coefficient (Wildman–Crippen LogP) is 3.56. The number of ketones is 1. The monoisotopic (exact) mass is 635 g/mol. The van der Waals surface area contributed by atoms with Crippen molar-refractivity contribution in [2.45, 2.75) is 22.5 Å². The second-order valence-corrected chi connectivity index (χ2v) is 11.1. The number of nitrogens with zero attached hydrogens (tertiary/aromatic N) is 1. The zero-order chi connectivity index (χ0) is 26.7. The first-order chi connectivity index (χ1) is 17.7. The van der Waals surface area contributed by atoms with Crippen molar-refractivity contribution in [3.63, 3.8) is 0 Å². The summed E-state index contributed by atoms with van der Waals surface area (Å²) in [5, 5.41) is 0. The van der Waals surface area contributed by atoms with Crippen LogP contribution in [0.2, 0.25) is 0 Å². The molecule has 1 heterocycles. The third kappa shape index (κ3) is 6.10. The van der Waals surface area contributed by atoms with Crippen molar-refractivity contribution >= 4 is 61.4 Å². The highest BCUT2D eigenvalue weighted by molar-refractivity contribution is 9.12. The van der Waals surface area contributed by atoms with Crippen molar-refractivity contribution in [1.82, 2.24) is 4.90 Å². The van der Waals surface area contributed by atoms with Crippen LogP contribution in [0.5, 0.6) is 11.5 Å². The number of Topliss-reactive ketones (excluding diaryl/α,β-unsaturated/α-hetero) is 1. The molecule has 4 rings (SSSR count). The summed E-state index contributed by atoms with van der Waals surface area (Å²) in [6.07, 6.45) is 1.00. The number of halogens is 2. The fraction of sp³-hybridized carbons (Fsp3) is 0.346. The van der Waals surface area contributed by atoms with Gasteiger partial charge in [-0.3, -0.25) is 24.1 Å². The van der Waals surface area contributed by atoms with Crippen molar-refractivity contribution in [1.29, 1.82) is 0 Å². The average molecular weight is 637 g/mol. The van der Waals surface area contributed by atoms with Gasteiger partial charge in [0.2, 0.25) is 11.8 Å². The quantitative estimate of drug-likeness (QED) is 0.142. The lowest BCUT2D eigenvalue weighted by Gasteiger charge is -2.29. The first-order valence-electron chi connectivity index (χ1n) is 11.5. The van der Waals surface area contributed by atoms with Gasteiger partial charge in [-0.25, -0.2) is 4.79 Å². The Balaban J connectivity index is 1.28. The van der Waals surface area contributed by atoms with E-state index in [0.717, 1.165) is 4.90 Å². The highest BCUT2D eigenvalue weighted by Gasteiger charge is 2.52. The third-order valence-corrected chi connectivity index (χ3v) is 9.08. The number of carbonyl (C=O) groups is 5. The number of likely N-dealkylation sites (tertiary alicyclic amines) is 1. The molecule has 4 atom stereocenters. The standard InChI is InChI=1S/C26H23Br2NO8/c1-35-17-4-2-3-15(9-17)26(34)37-16-7-5-14(6-8-16)22(30)13-36-23(31)12-29-24(32)18-10-20(27)21(28)11-19(18)25(29)33/h2-9,18-21H,10-13H2,1H3. The van der Waals surface area contributed by atoms with Gasteiger partial charge >= 0.3 is 11.9 Å². The van der Waals surface area contributed by atoms with Crippen LogP contribution in [0.25, 0.3) is 0 Å². The first kappa shape index (κ1) is 27.0. The van der Waals surface area contributed by atoms with Crippen LogP contribution in [0.3, 0.4) is 0 Å². The molecular weight excluding hydrogens is 614 g/mol. The van der Waals surface area contributed by atoms with Gasteiger partial charge in [0.1, 0.15) is 18.0 Å². The molecular formula is C26H23Br2NO8. The van der Waals surface area contributed by atoms with Crippen molar-refractivity contribution in [2.24, 2.45) is 11.8 Å². The topological polar surface area (TPSA) is 116 Å². The van der Waals surface area contributed by atoms with Crippen LogP contribution in [-0.4, -0.2) is 64.4 Å². The summed E-state index contributed by atoms with van der Waals surface area (Å²) in [5.41, 5.74) is 0.541. The Hall–Kier alpha value is -3.05. The van der Waals surface area contributed by atoms with E-state index in [-0.39, 0.29) is 32.8 Å². The van der Waals surface area contributed by atoms with E-state index < -0.39 is 42.7 Å². The number of methoxy groups -OCH3 is 1. The number of imide groups is 1. The zero-order valence-corrected chi connectivity index (χ0v) is 22.9. The van der Waals surface area contributed by atoms with E-state index in [1.165, 1.54) is 31.4 Å². The van der Waals surface area contributed by atoms with Crippen LogP contribution in [-0.2, 0) is 19.1 Å². The highest BCUT2D eigenvalue weighted by atomic mass is 79.9. The second-order valence-electron chi connectivity index (χ2n) is 8.71. The van der Waals surface area contributed by atoms with E-state index >= 15 is 0 Å². The summed E-state index contributed by atoms with van der Waals surface area (Å²) in [4.78, 5) is 63.5. The van der Waals surface area contributed by atoms with Gasteiger partial charge in [-0.2, -0.15) is 0 Å². The maximum atomic E-state index is 12.7. The molecule has 0 aromatic heterocycles. The number of hydrogen-bond acceptors (Lipinski definition) is 8. The van der Waals surface area contributed by atoms with Crippen molar-refractivity contribution in [3.05, 3.63) is 59.7 Å². The van der Waals surface area contributed by atoms with Crippen LogP contribution in [0.15, 0.2) is 48.5 Å². The molecule has 0 spiro atoms. The molecule has 2 aromatic carbocycles. The minimum absolute atomic E-state index is 0.0618. The molecule has 0 bridgehead atoms. The fourth-order valence-electron chi connectivity index (χ4n) is 4.35. The number of hydrogen-bond donors (Lipinski definition) is 0. The molecule has 1 aliphatic heterocycles. The molecule has 2 fully saturated rings. The molecule has 37 heavy (non-hydrogen) atoms. The second kappa shape index (κ2) is 11.6. The average Bonchev–Trinajstić information content (AvgIpc) is 3.11. The zero-order valence-electron chi connectivity index (χ0n) is 19.7. The maximum absolute atomic E-state index is 12.7. The molecule has 0 N–H and O–H groups in total. The van der Waals surface area contributed by atoms with Crippen LogP contribution in [0.4, 0.5) is 0 Å². The Kier molecular flexibility index (Phi) is 8.43. The molecule has 194 valence electrons. The van der Waals surface area contributed by atoms with E-state index in [0.29, 0.717) is 24.2 Å². The van der Waals surface area contributed by atoms with Crippen molar-refractivity contribution in [3.8, 4) is 11.5 Å². The van der Waals surface area contributed by atoms with Gasteiger partial charge in [0.15, 0.2) is 12.4 Å². The number of rotatable bonds is 8. The molecule has 9 nitrogen and oxygen atoms in total. The molecule has 2 aromatic rings. The molecule has 2 aliphatic rings. The van der Waals surface area contributed by atoms with Gasteiger partial charge in [-0.15, -0.1) is 0 Å². The molecule has 1 saturated heterocycles. The molecule has 1 aliphatic carbocycles. The first-order valence-corrected chi connectivity index (χ1v) is 13.3. The molecule has 2 amide bonds. The number of carbonyl (C=O) groups excluding carboxylic acids is 5. The molecule has 11 heteroatoms. The van der Waals surface area contributed by atoms with Crippen LogP contribution < -0.4 is 9.47 Å². The normalized spacial score (nSPS) is 22.8. The van der Waals surface area contributed by atoms with Gasteiger partial charge in [-0.1, -0.05) is 37.9 Å². The number of benzene rings is 2. The van der Waals surface area contributed by atoms with Gasteiger partial charge < -0.3 is 14.2 Å². The molecule has 0 radical (unpaired) electrons. The summed E-state index contributed by atoms with van der Waals surface area (Å²) in [6, 6.07) is 12.3. The number of alkyl halides is 2. The fourth-order valence-corrected chi connectivity index (χ4v) is 5.59. The van der Waals surface area contributed by atoms with Crippen molar-refractivity contribution in [2.75, 3.05) is 20.3 Å². The lowest BCUT2D eigenvalue weighted by Crippen LogP contribution is -2.37. The van der Waals surface area contributed by atoms with Gasteiger partial charge in [0.05, 0.1) is 24.5 Å². The number of esters is 2. The van der Waals surface area contributed by atoms with E-state index in [2.05, 4.69) is 31.9 Å². The summed E-state index contributed by atoms with van der Waals surface area (Å²) in [6.45, 7) is -1.09. The van der Waals surface area contributed by atoms with Gasteiger partial charge in [0.25, 0.3) is 0 Å². The molecule has 1 saturated carbocycles. The Morgan fingerprint density at radius 3 is 2.11 bits per heavy atom. The van der Waals surface area contributed by atoms with E-state index in [1.807, 2.05) is 0 Å². The summed E-state index contributed by atoms with van der Waals surface area (Å²) in [5.74, 6) is -2.88. The van der Waals surface area contributed by atoms with E-state index in [4.69, 9.17) is 14.2 Å². The predicted molar refractivity (Wildman–Crippen MR) is 138 cm³/mol. The minimum atomic E-state index is -0.844. The lowest BCUT2D eigenvalue weighted by atomic mass is 9.81. The largest absolute Gasteiger partial charge is 0.497 e. The van der Waals surface area contributed by atoms with Crippen molar-refractivity contribution < 1.29 is 38.2 Å². The van der Waals surface area contributed by atoms with E-state index in [1.54, 1.807) is 24.3 Å². The number of ether oxygens (including phenoxy) is 3. The Morgan fingerprint density at radius 1 is 0.892 bits per heavy atom. The van der Waals surface area contributed by atoms with Gasteiger partial charge in [0, 0.05) is 15.2 Å². The van der Waals surface area contributed by atoms with Gasteiger partial charge in [-0.05, 0) is 55.3 Å². The Bertz CT molecular complexity index is 1200. The smallest absolute Gasteiger partial charge is 0.343 e. The van der Waals surface area contributed by atoms with Crippen LogP contribution in [0, 0.1) is 11.8 Å². The van der Waals surface area contributed by atoms with Crippen LogP contribution >= 0.6 is 31.9 Å². The highest BCUT2D eigenvalue weighted by Crippen LogP contribution is 2.43. The minimum Gasteiger partial charge on any atom is -0.497 e. The number of fused-ring (bicyclic) bond motifs is 1. The van der Waals surface area contributed by atoms with E-state index in [9.17, 15) is 24.0 Å². The lowest BCUT2D eigenvalue weighted by molar-refractivity contribution is -0.152. The summed E-state index contributed by atoms with van der Waals surface area (Å²) in [7, 11) is 1.49. The summed E-state index contributed by atoms with van der Waals surface area (Å²) >= 11 is 7.03. The summed E-state index contributed by atoms with van der Waals surface area (Å²) < 4.78 is 15.4. The molecule has 4 unspecified atom stereocenters. The maximum Gasteiger partial charge on any atom is 0.343 e. The third-order valence-electron chi connectivity index (χ3n) is 6.35. The SMILES string of the molecule is COc1cccc(C(=O)Oc2ccc(C(=O)COC(=O)CN3C(=O)C4CC(Br)C(Br)CC4C3=O)cc2)c1. The number of amides is 2. The Labute approximate surface area is 229 Å².